The van der Waals surface area contributed by atoms with Gasteiger partial charge in [0.2, 0.25) is 0 Å². The molecule has 4 nitrogen and oxygen atoms in total. The van der Waals surface area contributed by atoms with Crippen LogP contribution in [0.25, 0.3) is 120 Å². The van der Waals surface area contributed by atoms with Crippen LogP contribution in [0, 0.1) is 68.5 Å². The molecular formula is C71H53F3N4. The third kappa shape index (κ3) is 8.68. The molecule has 0 spiro atoms. The molecule has 0 fully saturated rings. The Morgan fingerprint density at radius 1 is 0.321 bits per heavy atom. The van der Waals surface area contributed by atoms with E-state index < -0.39 is 11.7 Å². The van der Waals surface area contributed by atoms with Crippen molar-refractivity contribution in [2.75, 3.05) is 0 Å². The quantitative estimate of drug-likeness (QED) is 0.142. The number of halogens is 3. The molecule has 0 amide bonds. The highest BCUT2D eigenvalue weighted by atomic mass is 19.4. The van der Waals surface area contributed by atoms with Gasteiger partial charge in [0.1, 0.15) is 0 Å². The fourth-order valence-electron chi connectivity index (χ4n) is 12.2. The van der Waals surface area contributed by atoms with Crippen LogP contribution in [0.4, 0.5) is 24.5 Å². The van der Waals surface area contributed by atoms with Gasteiger partial charge in [0.15, 0.2) is 11.4 Å². The maximum absolute atomic E-state index is 15.4. The van der Waals surface area contributed by atoms with E-state index >= 15 is 13.2 Å². The highest BCUT2D eigenvalue weighted by molar-refractivity contribution is 6.14. The maximum Gasteiger partial charge on any atom is 0.415 e. The van der Waals surface area contributed by atoms with Gasteiger partial charge in [-0.25, -0.2) is 9.69 Å². The highest BCUT2D eigenvalue weighted by Crippen LogP contribution is 2.48. The topological polar surface area (TPSA) is 18.6 Å². The number of alkyl halides is 3. The summed E-state index contributed by atoms with van der Waals surface area (Å²) >= 11 is 0. The Morgan fingerprint density at radius 3 is 0.936 bits per heavy atom. The lowest BCUT2D eigenvalue weighted by atomic mass is 9.95. The molecule has 0 unspecified atom stereocenters. The molecule has 12 rings (SSSR count). The summed E-state index contributed by atoms with van der Waals surface area (Å²) in [5.74, 6) is 0. The molecule has 0 N–H and O–H groups in total. The van der Waals surface area contributed by atoms with E-state index in [0.29, 0.717) is 11.4 Å². The van der Waals surface area contributed by atoms with Gasteiger partial charge in [-0.1, -0.05) is 154 Å². The van der Waals surface area contributed by atoms with Crippen LogP contribution in [-0.2, 0) is 6.18 Å². The average molecular weight is 1020 g/mol. The summed E-state index contributed by atoms with van der Waals surface area (Å²) in [6.07, 6.45) is -4.83. The molecule has 78 heavy (non-hydrogen) atoms. The molecule has 0 atom stereocenters. The van der Waals surface area contributed by atoms with E-state index in [1.54, 1.807) is 12.1 Å². The van der Waals surface area contributed by atoms with E-state index in [0.717, 1.165) is 139 Å². The van der Waals surface area contributed by atoms with Crippen molar-refractivity contribution in [3.63, 3.8) is 0 Å². The van der Waals surface area contributed by atoms with E-state index in [2.05, 4.69) is 220 Å². The monoisotopic (exact) mass is 1020 g/mol. The van der Waals surface area contributed by atoms with Crippen LogP contribution >= 0.6 is 0 Å². The second-order valence-electron chi connectivity index (χ2n) is 21.4. The Kier molecular flexibility index (Phi) is 11.8. The summed E-state index contributed by atoms with van der Waals surface area (Å²) in [6.45, 7) is 33.3. The molecule has 0 saturated carbocycles. The number of fused-ring (bicyclic) bond motifs is 6. The molecular weight excluding hydrogens is 966 g/mol. The predicted molar refractivity (Wildman–Crippen MR) is 318 cm³/mol. The van der Waals surface area contributed by atoms with Crippen LogP contribution in [0.1, 0.15) is 50.1 Å². The minimum absolute atomic E-state index is 0.0403. The van der Waals surface area contributed by atoms with Crippen LogP contribution in [0.15, 0.2) is 176 Å². The van der Waals surface area contributed by atoms with E-state index in [1.807, 2.05) is 0 Å². The standard InChI is InChI=1S/C71H53F3N4/c1-40-21-41(2)26-52(25-40)48-11-17-65-59(33-48)60-34-49(53-27-42(3)22-43(4)28-53)12-18-66(60)77(65)69-38-58(57-16-15-56(75-9)37-63(57)71(72,73)74)64(76-10)39-70(69)78-67-19-13-50(54-29-44(5)23-45(6)30-54)35-61(67)62-36-51(14-20-68(62)78)55-31-46(7)24-47(8)32-55/h11-39H,1-8H3. The number of hydrogen-bond acceptors (Lipinski definition) is 0. The van der Waals surface area contributed by atoms with Crippen molar-refractivity contribution >= 4 is 55.0 Å². The Bertz CT molecular complexity index is 4310. The molecule has 10 aromatic carbocycles. The first-order chi connectivity index (χ1) is 37.4. The zero-order valence-corrected chi connectivity index (χ0v) is 44.7. The molecule has 0 aliphatic rings. The van der Waals surface area contributed by atoms with Crippen LogP contribution in [0.5, 0.6) is 0 Å². The second-order valence-corrected chi connectivity index (χ2v) is 21.4. The van der Waals surface area contributed by atoms with Gasteiger partial charge in [-0.2, -0.15) is 13.2 Å². The van der Waals surface area contributed by atoms with Crippen LogP contribution in [0.2, 0.25) is 0 Å². The van der Waals surface area contributed by atoms with Gasteiger partial charge in [0.25, 0.3) is 0 Å². The molecule has 0 bridgehead atoms. The fourth-order valence-corrected chi connectivity index (χ4v) is 12.2. The lowest BCUT2D eigenvalue weighted by Crippen LogP contribution is -2.08. The first-order valence-electron chi connectivity index (χ1n) is 26.1. The summed E-state index contributed by atoms with van der Waals surface area (Å²) in [5, 5.41) is 3.90. The number of aromatic nitrogens is 2. The SMILES string of the molecule is [C-]#[N+]c1ccc(-c2cc(-n3c4ccc(-c5cc(C)cc(C)c5)cc4c4cc(-c5cc(C)cc(C)c5)ccc43)c(-n3c4ccc(-c5cc(C)cc(C)c5)cc4c4cc(-c5cc(C)cc(C)c5)ccc43)cc2[N+]#[C-])c(C(F)(F)F)c1. The first-order valence-corrected chi connectivity index (χ1v) is 26.1. The van der Waals surface area contributed by atoms with Gasteiger partial charge in [0, 0.05) is 21.5 Å². The van der Waals surface area contributed by atoms with Crippen molar-refractivity contribution < 1.29 is 13.2 Å². The van der Waals surface area contributed by atoms with Crippen molar-refractivity contribution in [2.24, 2.45) is 0 Å². The van der Waals surface area contributed by atoms with E-state index in [-0.39, 0.29) is 22.5 Å². The smallest absolute Gasteiger partial charge is 0.308 e. The van der Waals surface area contributed by atoms with Gasteiger partial charge < -0.3 is 9.13 Å². The van der Waals surface area contributed by atoms with Crippen molar-refractivity contribution in [1.29, 1.82) is 0 Å². The second kappa shape index (κ2) is 18.7. The molecule has 0 aliphatic heterocycles. The summed E-state index contributed by atoms with van der Waals surface area (Å²) < 4.78 is 50.5. The molecule has 12 aromatic rings. The molecule has 2 heterocycles. The van der Waals surface area contributed by atoms with Gasteiger partial charge in [-0.05, 0) is 178 Å². The minimum Gasteiger partial charge on any atom is -0.308 e. The van der Waals surface area contributed by atoms with Gasteiger partial charge in [-0.15, -0.1) is 0 Å². The highest BCUT2D eigenvalue weighted by Gasteiger charge is 2.35. The van der Waals surface area contributed by atoms with Gasteiger partial charge >= 0.3 is 6.18 Å². The van der Waals surface area contributed by atoms with Crippen molar-refractivity contribution in [3.8, 4) is 67.0 Å². The van der Waals surface area contributed by atoms with Gasteiger partial charge in [0.05, 0.1) is 52.1 Å². The number of hydrogen-bond donors (Lipinski definition) is 0. The molecule has 0 saturated heterocycles. The number of nitrogens with zero attached hydrogens (tertiary/aromatic N) is 4. The third-order valence-electron chi connectivity index (χ3n) is 15.2. The lowest BCUT2D eigenvalue weighted by Gasteiger charge is -2.21. The minimum atomic E-state index is -4.83. The van der Waals surface area contributed by atoms with Crippen molar-refractivity contribution in [3.05, 3.63) is 249 Å². The normalized spacial score (nSPS) is 11.8. The number of aryl methyl sites for hydroxylation is 8. The molecule has 7 heteroatoms. The van der Waals surface area contributed by atoms with Crippen LogP contribution in [-0.4, -0.2) is 9.13 Å². The van der Waals surface area contributed by atoms with E-state index in [1.165, 1.54) is 12.1 Å². The maximum atomic E-state index is 15.4. The lowest BCUT2D eigenvalue weighted by molar-refractivity contribution is -0.137. The summed E-state index contributed by atoms with van der Waals surface area (Å²) in [7, 11) is 0. The Labute approximate surface area is 452 Å². The van der Waals surface area contributed by atoms with Crippen molar-refractivity contribution in [2.45, 2.75) is 61.6 Å². The molecule has 0 aliphatic carbocycles. The summed E-state index contributed by atoms with van der Waals surface area (Å²) in [5.41, 5.74) is 21.2. The number of benzene rings is 10. The Morgan fingerprint density at radius 2 is 0.641 bits per heavy atom. The Hall–Kier alpha value is -9.43. The summed E-state index contributed by atoms with van der Waals surface area (Å²) in [6, 6.07) is 59.4. The Balaban J connectivity index is 1.23. The zero-order chi connectivity index (χ0) is 54.5. The molecule has 378 valence electrons. The fraction of sp³-hybridized carbons (Fsp3) is 0.127. The number of rotatable bonds is 7. The van der Waals surface area contributed by atoms with Crippen LogP contribution in [0.3, 0.4) is 0 Å². The van der Waals surface area contributed by atoms with E-state index in [9.17, 15) is 0 Å². The largest absolute Gasteiger partial charge is 0.415 e. The average Bonchev–Trinajstić information content (AvgIpc) is 4.14. The zero-order valence-electron chi connectivity index (χ0n) is 44.7. The third-order valence-corrected chi connectivity index (χ3v) is 15.2. The van der Waals surface area contributed by atoms with Gasteiger partial charge in [-0.3, -0.25) is 0 Å². The summed E-state index contributed by atoms with van der Waals surface area (Å²) in [4.78, 5) is 7.43. The molecule has 2 aromatic heterocycles. The van der Waals surface area contributed by atoms with Crippen molar-refractivity contribution in [1.82, 2.24) is 9.13 Å². The predicted octanol–water partition coefficient (Wildman–Crippen LogP) is 20.8. The van der Waals surface area contributed by atoms with Crippen LogP contribution < -0.4 is 0 Å². The molecule has 0 radical (unpaired) electrons. The first kappa shape index (κ1) is 49.4. The van der Waals surface area contributed by atoms with E-state index in [4.69, 9.17) is 13.1 Å².